The van der Waals surface area contributed by atoms with E-state index in [9.17, 15) is 4.79 Å². The molecule has 0 atom stereocenters. The van der Waals surface area contributed by atoms with Crippen LogP contribution < -0.4 is 10.1 Å². The van der Waals surface area contributed by atoms with Gasteiger partial charge in [0.05, 0.1) is 23.5 Å². The molecular formula is C15H16ClN3O2. The van der Waals surface area contributed by atoms with Crippen LogP contribution in [0.1, 0.15) is 0 Å². The summed E-state index contributed by atoms with van der Waals surface area (Å²) in [7, 11) is 1.70. The summed E-state index contributed by atoms with van der Waals surface area (Å²) in [5.41, 5.74) is 0.654. The van der Waals surface area contributed by atoms with Crippen LogP contribution in [-0.2, 0) is 0 Å². The normalized spacial score (nSPS) is 10.0. The Hall–Kier alpha value is -2.27. The standard InChI is InChI=1S/C15H16ClN3O2/c1-19(15(20)18-12-5-4-8-17-11-12)9-10-21-14-7-3-2-6-13(14)16/h2-8,11H,9-10H2,1H3,(H,18,20). The van der Waals surface area contributed by atoms with E-state index >= 15 is 0 Å². The number of anilines is 1. The molecule has 0 aliphatic heterocycles. The van der Waals surface area contributed by atoms with E-state index in [1.54, 1.807) is 43.7 Å². The zero-order chi connectivity index (χ0) is 15.1. The summed E-state index contributed by atoms with van der Waals surface area (Å²) in [6.45, 7) is 0.804. The van der Waals surface area contributed by atoms with Crippen molar-refractivity contribution in [2.45, 2.75) is 0 Å². The van der Waals surface area contributed by atoms with Crippen LogP contribution in [0.4, 0.5) is 10.5 Å². The van der Waals surface area contributed by atoms with Gasteiger partial charge in [0.2, 0.25) is 0 Å². The summed E-state index contributed by atoms with van der Waals surface area (Å²) in [5.74, 6) is 0.611. The number of carbonyl (C=O) groups excluding carboxylic acids is 1. The SMILES string of the molecule is CN(CCOc1ccccc1Cl)C(=O)Nc1cccnc1. The molecule has 0 aliphatic rings. The number of para-hydroxylation sites is 1. The lowest BCUT2D eigenvalue weighted by Crippen LogP contribution is -2.34. The summed E-state index contributed by atoms with van der Waals surface area (Å²) in [4.78, 5) is 17.4. The number of likely N-dealkylation sites (N-methyl/N-ethyl adjacent to an activating group) is 1. The first kappa shape index (κ1) is 15.1. The zero-order valence-corrected chi connectivity index (χ0v) is 12.4. The molecule has 1 heterocycles. The number of amides is 2. The molecule has 1 aromatic heterocycles. The van der Waals surface area contributed by atoms with Gasteiger partial charge in [0, 0.05) is 13.2 Å². The summed E-state index contributed by atoms with van der Waals surface area (Å²) in [5, 5.41) is 3.30. The highest BCUT2D eigenvalue weighted by Crippen LogP contribution is 2.22. The molecule has 0 unspecified atom stereocenters. The average molecular weight is 306 g/mol. The van der Waals surface area contributed by atoms with Crippen LogP contribution >= 0.6 is 11.6 Å². The second-order valence-electron chi connectivity index (χ2n) is 4.37. The maximum Gasteiger partial charge on any atom is 0.321 e. The number of benzene rings is 1. The van der Waals surface area contributed by atoms with Crippen LogP contribution in [0.5, 0.6) is 5.75 Å². The molecule has 0 spiro atoms. The maximum atomic E-state index is 11.9. The first-order valence-corrected chi connectivity index (χ1v) is 6.84. The van der Waals surface area contributed by atoms with Crippen LogP contribution in [0.2, 0.25) is 5.02 Å². The van der Waals surface area contributed by atoms with Crippen molar-refractivity contribution in [3.63, 3.8) is 0 Å². The Morgan fingerprint density at radius 1 is 1.33 bits per heavy atom. The van der Waals surface area contributed by atoms with Crippen molar-refractivity contribution in [1.82, 2.24) is 9.88 Å². The van der Waals surface area contributed by atoms with Gasteiger partial charge in [-0.3, -0.25) is 4.98 Å². The Labute approximate surface area is 128 Å². The minimum absolute atomic E-state index is 0.217. The van der Waals surface area contributed by atoms with E-state index in [0.29, 0.717) is 29.6 Å². The number of carbonyl (C=O) groups is 1. The van der Waals surface area contributed by atoms with Crippen LogP contribution in [0, 0.1) is 0 Å². The minimum Gasteiger partial charge on any atom is -0.490 e. The molecule has 0 saturated heterocycles. The van der Waals surface area contributed by atoms with Gasteiger partial charge < -0.3 is 15.0 Å². The first-order valence-electron chi connectivity index (χ1n) is 6.46. The molecule has 0 saturated carbocycles. The van der Waals surface area contributed by atoms with Crippen molar-refractivity contribution in [2.24, 2.45) is 0 Å². The van der Waals surface area contributed by atoms with E-state index in [-0.39, 0.29) is 6.03 Å². The molecule has 110 valence electrons. The summed E-state index contributed by atoms with van der Waals surface area (Å²) >= 11 is 5.98. The highest BCUT2D eigenvalue weighted by atomic mass is 35.5. The molecular weight excluding hydrogens is 290 g/mol. The third-order valence-electron chi connectivity index (χ3n) is 2.78. The van der Waals surface area contributed by atoms with E-state index in [1.807, 2.05) is 12.1 Å². The highest BCUT2D eigenvalue weighted by Gasteiger charge is 2.09. The first-order chi connectivity index (χ1) is 10.2. The monoisotopic (exact) mass is 305 g/mol. The van der Waals surface area contributed by atoms with Gasteiger partial charge in [-0.05, 0) is 24.3 Å². The number of pyridine rings is 1. The Bertz CT molecular complexity index is 592. The fourth-order valence-electron chi connectivity index (χ4n) is 1.61. The number of hydrogen-bond acceptors (Lipinski definition) is 3. The molecule has 1 N–H and O–H groups in total. The number of nitrogens with one attached hydrogen (secondary N) is 1. The smallest absolute Gasteiger partial charge is 0.321 e. The van der Waals surface area contributed by atoms with Crippen LogP contribution in [0.3, 0.4) is 0 Å². The summed E-state index contributed by atoms with van der Waals surface area (Å²) in [6, 6.07) is 10.6. The number of ether oxygens (including phenoxy) is 1. The molecule has 21 heavy (non-hydrogen) atoms. The van der Waals surface area contributed by atoms with Crippen molar-refractivity contribution in [3.05, 3.63) is 53.8 Å². The average Bonchev–Trinajstić information content (AvgIpc) is 2.50. The fraction of sp³-hybridized carbons (Fsp3) is 0.200. The molecule has 1 aromatic carbocycles. The number of hydrogen-bond donors (Lipinski definition) is 1. The van der Waals surface area contributed by atoms with Crippen molar-refractivity contribution >= 4 is 23.3 Å². The van der Waals surface area contributed by atoms with Gasteiger partial charge in [-0.1, -0.05) is 23.7 Å². The van der Waals surface area contributed by atoms with Gasteiger partial charge in [0.1, 0.15) is 12.4 Å². The van der Waals surface area contributed by atoms with Gasteiger partial charge in [-0.15, -0.1) is 0 Å². The molecule has 2 rings (SSSR count). The maximum absolute atomic E-state index is 11.9. The second kappa shape index (κ2) is 7.50. The second-order valence-corrected chi connectivity index (χ2v) is 4.78. The topological polar surface area (TPSA) is 54.5 Å². The summed E-state index contributed by atoms with van der Waals surface area (Å²) < 4.78 is 5.54. The zero-order valence-electron chi connectivity index (χ0n) is 11.6. The van der Waals surface area contributed by atoms with Gasteiger partial charge in [-0.2, -0.15) is 0 Å². The lowest BCUT2D eigenvalue weighted by atomic mass is 10.3. The number of nitrogens with zero attached hydrogens (tertiary/aromatic N) is 2. The van der Waals surface area contributed by atoms with E-state index in [0.717, 1.165) is 0 Å². The van der Waals surface area contributed by atoms with Gasteiger partial charge in [-0.25, -0.2) is 4.79 Å². The quantitative estimate of drug-likeness (QED) is 0.922. The lowest BCUT2D eigenvalue weighted by molar-refractivity contribution is 0.207. The van der Waals surface area contributed by atoms with Gasteiger partial charge in [0.25, 0.3) is 0 Å². The Kier molecular flexibility index (Phi) is 5.40. The van der Waals surface area contributed by atoms with Crippen molar-refractivity contribution < 1.29 is 9.53 Å². The van der Waals surface area contributed by atoms with Crippen LogP contribution in [0.25, 0.3) is 0 Å². The van der Waals surface area contributed by atoms with Crippen LogP contribution in [0.15, 0.2) is 48.8 Å². The van der Waals surface area contributed by atoms with E-state index in [2.05, 4.69) is 10.3 Å². The Morgan fingerprint density at radius 3 is 2.86 bits per heavy atom. The number of urea groups is 1. The van der Waals surface area contributed by atoms with Gasteiger partial charge >= 0.3 is 6.03 Å². The summed E-state index contributed by atoms with van der Waals surface area (Å²) in [6.07, 6.45) is 3.24. The third-order valence-corrected chi connectivity index (χ3v) is 3.09. The molecule has 0 fully saturated rings. The third kappa shape index (κ3) is 4.65. The fourth-order valence-corrected chi connectivity index (χ4v) is 1.80. The predicted octanol–water partition coefficient (Wildman–Crippen LogP) is 3.28. The van der Waals surface area contributed by atoms with E-state index in [4.69, 9.17) is 16.3 Å². The Balaban J connectivity index is 1.78. The number of halogens is 1. The molecule has 2 amide bonds. The minimum atomic E-state index is -0.217. The highest BCUT2D eigenvalue weighted by molar-refractivity contribution is 6.32. The number of rotatable bonds is 5. The van der Waals surface area contributed by atoms with E-state index < -0.39 is 0 Å². The van der Waals surface area contributed by atoms with Crippen molar-refractivity contribution in [3.8, 4) is 5.75 Å². The molecule has 6 heteroatoms. The molecule has 5 nitrogen and oxygen atoms in total. The van der Waals surface area contributed by atoms with Gasteiger partial charge in [0.15, 0.2) is 0 Å². The lowest BCUT2D eigenvalue weighted by Gasteiger charge is -2.18. The molecule has 0 bridgehead atoms. The predicted molar refractivity (Wildman–Crippen MR) is 82.8 cm³/mol. The largest absolute Gasteiger partial charge is 0.490 e. The molecule has 2 aromatic rings. The molecule has 0 aliphatic carbocycles. The number of aromatic nitrogens is 1. The van der Waals surface area contributed by atoms with Crippen molar-refractivity contribution in [2.75, 3.05) is 25.5 Å². The van der Waals surface area contributed by atoms with Crippen LogP contribution in [-0.4, -0.2) is 36.1 Å². The molecule has 0 radical (unpaired) electrons. The Morgan fingerprint density at radius 2 is 2.14 bits per heavy atom. The van der Waals surface area contributed by atoms with Crippen molar-refractivity contribution in [1.29, 1.82) is 0 Å². The van der Waals surface area contributed by atoms with E-state index in [1.165, 1.54) is 4.90 Å².